The third-order valence-corrected chi connectivity index (χ3v) is 4.43. The van der Waals surface area contributed by atoms with Gasteiger partial charge in [0.25, 0.3) is 5.91 Å². The highest BCUT2D eigenvalue weighted by atomic mass is 16.5. The summed E-state index contributed by atoms with van der Waals surface area (Å²) in [7, 11) is 6.18. The van der Waals surface area contributed by atoms with E-state index in [0.717, 1.165) is 23.5 Å². The number of ether oxygens (including phenoxy) is 4. The molecule has 1 N–H and O–H groups in total. The summed E-state index contributed by atoms with van der Waals surface area (Å²) in [6.45, 7) is 5.42. The molecule has 8 nitrogen and oxygen atoms in total. The van der Waals surface area contributed by atoms with Gasteiger partial charge in [-0.3, -0.25) is 4.79 Å². The van der Waals surface area contributed by atoms with Crippen LogP contribution in [0.15, 0.2) is 23.3 Å². The van der Waals surface area contributed by atoms with Crippen molar-refractivity contribution in [2.75, 3.05) is 35.0 Å². The number of carbonyl (C=O) groups is 1. The molecule has 2 aromatic rings. The normalized spacial score (nSPS) is 10.9. The molecular formula is C20H27N3O5. The van der Waals surface area contributed by atoms with E-state index in [1.54, 1.807) is 25.5 Å². The monoisotopic (exact) mass is 389 g/mol. The fraction of sp³-hybridized carbons (Fsp3) is 0.400. The van der Waals surface area contributed by atoms with E-state index in [-0.39, 0.29) is 5.91 Å². The summed E-state index contributed by atoms with van der Waals surface area (Å²) >= 11 is 0. The Balaban J connectivity index is 2.16. The highest BCUT2D eigenvalue weighted by Gasteiger charge is 2.16. The molecule has 1 heterocycles. The zero-order valence-corrected chi connectivity index (χ0v) is 17.2. The minimum absolute atomic E-state index is 0.345. The first-order chi connectivity index (χ1) is 13.5. The van der Waals surface area contributed by atoms with Crippen LogP contribution in [0.2, 0.25) is 0 Å². The van der Waals surface area contributed by atoms with Crippen LogP contribution in [-0.2, 0) is 11.3 Å². The van der Waals surface area contributed by atoms with Gasteiger partial charge in [0.2, 0.25) is 5.75 Å². The van der Waals surface area contributed by atoms with Crippen molar-refractivity contribution < 1.29 is 23.7 Å². The molecule has 0 aliphatic heterocycles. The van der Waals surface area contributed by atoms with Gasteiger partial charge in [0, 0.05) is 36.2 Å². The first-order valence-electron chi connectivity index (χ1n) is 8.75. The molecule has 2 rings (SSSR count). The summed E-state index contributed by atoms with van der Waals surface area (Å²) in [4.78, 5) is 12.5. The van der Waals surface area contributed by atoms with E-state index in [4.69, 9.17) is 18.9 Å². The van der Waals surface area contributed by atoms with E-state index < -0.39 is 0 Å². The fourth-order valence-electron chi connectivity index (χ4n) is 2.92. The Kier molecular flexibility index (Phi) is 7.45. The summed E-state index contributed by atoms with van der Waals surface area (Å²) < 4.78 is 23.1. The summed E-state index contributed by atoms with van der Waals surface area (Å²) in [6, 6.07) is 5.16. The van der Waals surface area contributed by atoms with Gasteiger partial charge in [-0.05, 0) is 32.0 Å². The number of hydrogen-bond acceptors (Lipinski definition) is 6. The Morgan fingerprint density at radius 1 is 1.07 bits per heavy atom. The first-order valence-corrected chi connectivity index (χ1v) is 8.75. The van der Waals surface area contributed by atoms with E-state index in [9.17, 15) is 4.79 Å². The number of amides is 1. The highest BCUT2D eigenvalue weighted by molar-refractivity contribution is 5.96. The van der Waals surface area contributed by atoms with Crippen LogP contribution < -0.4 is 19.6 Å². The topological polar surface area (TPSA) is 83.3 Å². The Bertz CT molecular complexity index is 833. The molecule has 0 spiro atoms. The maximum absolute atomic E-state index is 12.5. The number of nitrogens with zero attached hydrogens (tertiary/aromatic N) is 2. The standard InChI is InChI=1S/C20H27N3O5/c1-13-9-16(14(2)23(13)7-8-25-3)12-21-22-20(24)15-10-17(26-4)19(28-6)18(11-15)27-5/h9-12H,7-8H2,1-6H3,(H,22,24). The zero-order valence-electron chi connectivity index (χ0n) is 17.2. The van der Waals surface area contributed by atoms with Gasteiger partial charge in [-0.25, -0.2) is 5.43 Å². The molecule has 1 amide bonds. The molecule has 0 unspecified atom stereocenters. The van der Waals surface area contributed by atoms with Crippen LogP contribution in [-0.4, -0.2) is 51.7 Å². The van der Waals surface area contributed by atoms with Crippen LogP contribution in [0.25, 0.3) is 0 Å². The lowest BCUT2D eigenvalue weighted by molar-refractivity contribution is 0.0954. The van der Waals surface area contributed by atoms with Crippen LogP contribution in [0.4, 0.5) is 0 Å². The van der Waals surface area contributed by atoms with Gasteiger partial charge >= 0.3 is 0 Å². The molecule has 0 bridgehead atoms. The molecule has 1 aromatic heterocycles. The number of aryl methyl sites for hydroxylation is 1. The molecule has 0 fully saturated rings. The SMILES string of the molecule is COCCn1c(C)cc(C=NNC(=O)c2cc(OC)c(OC)c(OC)c2)c1C. The lowest BCUT2D eigenvalue weighted by Crippen LogP contribution is -2.18. The predicted octanol–water partition coefficient (Wildman–Crippen LogP) is 2.54. The van der Waals surface area contributed by atoms with E-state index in [0.29, 0.717) is 29.4 Å². The van der Waals surface area contributed by atoms with Crippen LogP contribution in [0.5, 0.6) is 17.2 Å². The fourth-order valence-corrected chi connectivity index (χ4v) is 2.92. The van der Waals surface area contributed by atoms with Crippen molar-refractivity contribution in [1.82, 2.24) is 9.99 Å². The van der Waals surface area contributed by atoms with E-state index in [1.165, 1.54) is 21.3 Å². The quantitative estimate of drug-likeness (QED) is 0.526. The second-order valence-electron chi connectivity index (χ2n) is 6.08. The van der Waals surface area contributed by atoms with Gasteiger partial charge in [-0.1, -0.05) is 0 Å². The molecule has 1 aromatic carbocycles. The van der Waals surface area contributed by atoms with Crippen molar-refractivity contribution in [3.8, 4) is 17.2 Å². The van der Waals surface area contributed by atoms with Crippen LogP contribution in [0.1, 0.15) is 27.3 Å². The van der Waals surface area contributed by atoms with Crippen LogP contribution in [0, 0.1) is 13.8 Å². The predicted molar refractivity (Wildman–Crippen MR) is 107 cm³/mol. The molecule has 0 saturated heterocycles. The van der Waals surface area contributed by atoms with Crippen molar-refractivity contribution in [1.29, 1.82) is 0 Å². The van der Waals surface area contributed by atoms with Crippen LogP contribution >= 0.6 is 0 Å². The van der Waals surface area contributed by atoms with Crippen molar-refractivity contribution in [3.05, 3.63) is 40.7 Å². The van der Waals surface area contributed by atoms with E-state index >= 15 is 0 Å². The van der Waals surface area contributed by atoms with Gasteiger partial charge < -0.3 is 23.5 Å². The maximum atomic E-state index is 12.5. The van der Waals surface area contributed by atoms with Gasteiger partial charge in [0.1, 0.15) is 0 Å². The highest BCUT2D eigenvalue weighted by Crippen LogP contribution is 2.38. The number of hydrazone groups is 1. The first kappa shape index (κ1) is 21.3. The number of aromatic nitrogens is 1. The number of hydrogen-bond donors (Lipinski definition) is 1. The number of methoxy groups -OCH3 is 4. The molecular weight excluding hydrogens is 362 g/mol. The third-order valence-electron chi connectivity index (χ3n) is 4.43. The average Bonchev–Trinajstić information content (AvgIpc) is 2.97. The third kappa shape index (κ3) is 4.64. The van der Waals surface area contributed by atoms with Gasteiger partial charge in [0.05, 0.1) is 34.2 Å². The minimum atomic E-state index is -0.385. The van der Waals surface area contributed by atoms with Gasteiger partial charge in [0.15, 0.2) is 11.5 Å². The summed E-state index contributed by atoms with van der Waals surface area (Å²) in [5.74, 6) is 0.840. The molecule has 28 heavy (non-hydrogen) atoms. The van der Waals surface area contributed by atoms with E-state index in [1.807, 2.05) is 19.9 Å². The van der Waals surface area contributed by atoms with E-state index in [2.05, 4.69) is 15.1 Å². The summed E-state index contributed by atoms with van der Waals surface area (Å²) in [6.07, 6.45) is 1.63. The van der Waals surface area contributed by atoms with Crippen LogP contribution in [0.3, 0.4) is 0 Å². The number of nitrogens with one attached hydrogen (secondary N) is 1. The Hall–Kier alpha value is -3.00. The second kappa shape index (κ2) is 9.80. The largest absolute Gasteiger partial charge is 0.493 e. The Labute approximate surface area is 165 Å². The molecule has 0 saturated carbocycles. The number of carbonyl (C=O) groups excluding carboxylic acids is 1. The van der Waals surface area contributed by atoms with Crippen molar-refractivity contribution in [3.63, 3.8) is 0 Å². The smallest absolute Gasteiger partial charge is 0.271 e. The lowest BCUT2D eigenvalue weighted by atomic mass is 10.1. The summed E-state index contributed by atoms with van der Waals surface area (Å²) in [5, 5.41) is 4.09. The average molecular weight is 389 g/mol. The molecule has 152 valence electrons. The molecule has 0 aliphatic rings. The molecule has 0 aliphatic carbocycles. The zero-order chi connectivity index (χ0) is 20.7. The maximum Gasteiger partial charge on any atom is 0.271 e. The molecule has 0 atom stereocenters. The molecule has 0 radical (unpaired) electrons. The van der Waals surface area contributed by atoms with Crippen molar-refractivity contribution >= 4 is 12.1 Å². The Morgan fingerprint density at radius 2 is 1.71 bits per heavy atom. The van der Waals surface area contributed by atoms with Gasteiger partial charge in [-0.2, -0.15) is 5.10 Å². The van der Waals surface area contributed by atoms with Crippen molar-refractivity contribution in [2.45, 2.75) is 20.4 Å². The number of rotatable bonds is 9. The Morgan fingerprint density at radius 3 is 2.25 bits per heavy atom. The minimum Gasteiger partial charge on any atom is -0.493 e. The second-order valence-corrected chi connectivity index (χ2v) is 6.08. The molecule has 8 heteroatoms. The summed E-state index contributed by atoms with van der Waals surface area (Å²) in [5.41, 5.74) is 5.96. The lowest BCUT2D eigenvalue weighted by Gasteiger charge is -2.13. The number of benzene rings is 1. The van der Waals surface area contributed by atoms with Crippen molar-refractivity contribution in [2.24, 2.45) is 5.10 Å². The van der Waals surface area contributed by atoms with Gasteiger partial charge in [-0.15, -0.1) is 0 Å².